The van der Waals surface area contributed by atoms with Gasteiger partial charge in [-0.15, -0.1) is 0 Å². The zero-order valence-electron chi connectivity index (χ0n) is 12.5. The van der Waals surface area contributed by atoms with Crippen molar-refractivity contribution in [2.45, 2.75) is 25.6 Å². The van der Waals surface area contributed by atoms with Gasteiger partial charge in [0.2, 0.25) is 0 Å². The third-order valence-electron chi connectivity index (χ3n) is 3.72. The summed E-state index contributed by atoms with van der Waals surface area (Å²) in [6.45, 7) is 2.24. The Morgan fingerprint density at radius 2 is 2.05 bits per heavy atom. The number of hydrogen-bond acceptors (Lipinski definition) is 4. The Morgan fingerprint density at radius 1 is 1.33 bits per heavy atom. The van der Waals surface area contributed by atoms with Crippen molar-refractivity contribution in [3.05, 3.63) is 35.4 Å². The lowest BCUT2D eigenvalue weighted by molar-refractivity contribution is -0.00559. The standard InChI is InChI=1S/C16H23NO4/c1-20-12-13-4-2-3-5-15(13)16(19)17-8-6-14(7-9-17)21-11-10-18/h2-5,14,18H,6-12H2,1H3. The molecule has 21 heavy (non-hydrogen) atoms. The average molecular weight is 293 g/mol. The Balaban J connectivity index is 1.96. The summed E-state index contributed by atoms with van der Waals surface area (Å²) in [5.74, 6) is 0.0586. The lowest BCUT2D eigenvalue weighted by atomic mass is 10.0. The van der Waals surface area contributed by atoms with Gasteiger partial charge in [0.25, 0.3) is 5.91 Å². The number of amides is 1. The molecular formula is C16H23NO4. The van der Waals surface area contributed by atoms with Gasteiger partial charge in [-0.2, -0.15) is 0 Å². The van der Waals surface area contributed by atoms with Crippen molar-refractivity contribution in [1.82, 2.24) is 4.90 Å². The van der Waals surface area contributed by atoms with E-state index in [9.17, 15) is 4.79 Å². The number of hydrogen-bond donors (Lipinski definition) is 1. The van der Waals surface area contributed by atoms with Crippen molar-refractivity contribution < 1.29 is 19.4 Å². The van der Waals surface area contributed by atoms with Crippen molar-refractivity contribution in [2.24, 2.45) is 0 Å². The van der Waals surface area contributed by atoms with Crippen LogP contribution in [0.1, 0.15) is 28.8 Å². The highest BCUT2D eigenvalue weighted by atomic mass is 16.5. The van der Waals surface area contributed by atoms with Gasteiger partial charge in [-0.3, -0.25) is 4.79 Å². The molecule has 116 valence electrons. The van der Waals surface area contributed by atoms with Crippen LogP contribution in [0, 0.1) is 0 Å². The molecule has 1 aromatic carbocycles. The molecule has 1 aromatic rings. The highest BCUT2D eigenvalue weighted by Crippen LogP contribution is 2.18. The van der Waals surface area contributed by atoms with E-state index in [2.05, 4.69) is 0 Å². The number of ether oxygens (including phenoxy) is 2. The van der Waals surface area contributed by atoms with Gasteiger partial charge in [0.05, 0.1) is 25.9 Å². The van der Waals surface area contributed by atoms with Gasteiger partial charge in [0, 0.05) is 25.8 Å². The van der Waals surface area contributed by atoms with Crippen molar-refractivity contribution in [2.75, 3.05) is 33.4 Å². The summed E-state index contributed by atoms with van der Waals surface area (Å²) in [6.07, 6.45) is 1.78. The summed E-state index contributed by atoms with van der Waals surface area (Å²) in [7, 11) is 1.63. The molecule has 0 unspecified atom stereocenters. The summed E-state index contributed by atoms with van der Waals surface area (Å²) in [5.41, 5.74) is 1.64. The number of carbonyl (C=O) groups is 1. The van der Waals surface area contributed by atoms with E-state index < -0.39 is 0 Å². The summed E-state index contributed by atoms with van der Waals surface area (Å²) in [6, 6.07) is 7.57. The number of rotatable bonds is 6. The maximum Gasteiger partial charge on any atom is 0.254 e. The Bertz CT molecular complexity index is 455. The summed E-state index contributed by atoms with van der Waals surface area (Å²) in [4.78, 5) is 14.5. The molecule has 1 N–H and O–H groups in total. The molecule has 1 aliphatic rings. The lowest BCUT2D eigenvalue weighted by Crippen LogP contribution is -2.41. The number of likely N-dealkylation sites (tertiary alicyclic amines) is 1. The van der Waals surface area contributed by atoms with E-state index in [1.807, 2.05) is 29.2 Å². The van der Waals surface area contributed by atoms with Crippen molar-refractivity contribution >= 4 is 5.91 Å². The third kappa shape index (κ3) is 4.27. The second kappa shape index (κ2) is 8.12. The molecule has 0 bridgehead atoms. The van der Waals surface area contributed by atoms with Gasteiger partial charge in [-0.25, -0.2) is 0 Å². The summed E-state index contributed by atoms with van der Waals surface area (Å²) in [5, 5.41) is 8.77. The fourth-order valence-corrected chi connectivity index (χ4v) is 2.63. The first-order chi connectivity index (χ1) is 10.3. The number of nitrogens with zero attached hydrogens (tertiary/aromatic N) is 1. The smallest absolute Gasteiger partial charge is 0.254 e. The van der Waals surface area contributed by atoms with E-state index in [1.165, 1.54) is 0 Å². The number of benzene rings is 1. The van der Waals surface area contributed by atoms with Gasteiger partial charge < -0.3 is 19.5 Å². The molecule has 0 radical (unpaired) electrons. The molecule has 1 aliphatic heterocycles. The second-order valence-corrected chi connectivity index (χ2v) is 5.18. The van der Waals surface area contributed by atoms with Crippen molar-refractivity contribution in [1.29, 1.82) is 0 Å². The van der Waals surface area contributed by atoms with Crippen LogP contribution in [0.5, 0.6) is 0 Å². The van der Waals surface area contributed by atoms with E-state index >= 15 is 0 Å². The number of aliphatic hydroxyl groups is 1. The zero-order chi connectivity index (χ0) is 15.1. The molecule has 0 saturated carbocycles. The van der Waals surface area contributed by atoms with Gasteiger partial charge >= 0.3 is 0 Å². The monoisotopic (exact) mass is 293 g/mol. The van der Waals surface area contributed by atoms with Crippen LogP contribution < -0.4 is 0 Å². The Labute approximate surface area is 125 Å². The fourth-order valence-electron chi connectivity index (χ4n) is 2.63. The van der Waals surface area contributed by atoms with Gasteiger partial charge in [-0.1, -0.05) is 18.2 Å². The van der Waals surface area contributed by atoms with Crippen LogP contribution in [0.25, 0.3) is 0 Å². The molecule has 5 nitrogen and oxygen atoms in total. The maximum absolute atomic E-state index is 12.6. The first kappa shape index (κ1) is 15.9. The first-order valence-corrected chi connectivity index (χ1v) is 7.35. The average Bonchev–Trinajstić information content (AvgIpc) is 2.53. The number of aliphatic hydroxyl groups excluding tert-OH is 1. The van der Waals surface area contributed by atoms with E-state index in [0.29, 0.717) is 31.9 Å². The SMILES string of the molecule is COCc1ccccc1C(=O)N1CCC(OCCO)CC1. The molecule has 1 amide bonds. The Kier molecular flexibility index (Phi) is 6.17. The van der Waals surface area contributed by atoms with Gasteiger partial charge in [0.1, 0.15) is 0 Å². The van der Waals surface area contributed by atoms with Gasteiger partial charge in [0.15, 0.2) is 0 Å². The summed E-state index contributed by atoms with van der Waals surface area (Å²) < 4.78 is 10.7. The predicted octanol–water partition coefficient (Wildman–Crippen LogP) is 1.45. The molecule has 0 aromatic heterocycles. The molecule has 0 atom stereocenters. The molecule has 2 rings (SSSR count). The predicted molar refractivity (Wildman–Crippen MR) is 79.1 cm³/mol. The first-order valence-electron chi connectivity index (χ1n) is 7.35. The Hall–Kier alpha value is -1.43. The molecule has 0 spiro atoms. The van der Waals surface area contributed by atoms with E-state index in [-0.39, 0.29) is 18.6 Å². The van der Waals surface area contributed by atoms with Gasteiger partial charge in [-0.05, 0) is 24.5 Å². The largest absolute Gasteiger partial charge is 0.394 e. The van der Waals surface area contributed by atoms with E-state index in [1.54, 1.807) is 7.11 Å². The van der Waals surface area contributed by atoms with Crippen LogP contribution >= 0.6 is 0 Å². The number of methoxy groups -OCH3 is 1. The lowest BCUT2D eigenvalue weighted by Gasteiger charge is -2.32. The molecule has 5 heteroatoms. The van der Waals surface area contributed by atoms with Crippen LogP contribution in [-0.4, -0.2) is 55.4 Å². The highest BCUT2D eigenvalue weighted by Gasteiger charge is 2.25. The van der Waals surface area contributed by atoms with Crippen molar-refractivity contribution in [3.63, 3.8) is 0 Å². The molecular weight excluding hydrogens is 270 g/mol. The van der Waals surface area contributed by atoms with Crippen LogP contribution in [-0.2, 0) is 16.1 Å². The number of carbonyl (C=O) groups excluding carboxylic acids is 1. The molecule has 1 heterocycles. The molecule has 1 fully saturated rings. The minimum Gasteiger partial charge on any atom is -0.394 e. The minimum atomic E-state index is 0.0452. The van der Waals surface area contributed by atoms with Crippen LogP contribution in [0.4, 0.5) is 0 Å². The van der Waals surface area contributed by atoms with Crippen LogP contribution in [0.2, 0.25) is 0 Å². The topological polar surface area (TPSA) is 59.0 Å². The zero-order valence-corrected chi connectivity index (χ0v) is 12.5. The normalized spacial score (nSPS) is 16.2. The molecule has 1 saturated heterocycles. The van der Waals surface area contributed by atoms with Crippen LogP contribution in [0.15, 0.2) is 24.3 Å². The second-order valence-electron chi connectivity index (χ2n) is 5.18. The van der Waals surface area contributed by atoms with Crippen molar-refractivity contribution in [3.8, 4) is 0 Å². The van der Waals surface area contributed by atoms with E-state index in [0.717, 1.165) is 18.4 Å². The maximum atomic E-state index is 12.6. The minimum absolute atomic E-state index is 0.0452. The fraction of sp³-hybridized carbons (Fsp3) is 0.562. The third-order valence-corrected chi connectivity index (χ3v) is 3.72. The highest BCUT2D eigenvalue weighted by molar-refractivity contribution is 5.95. The van der Waals surface area contributed by atoms with Crippen LogP contribution in [0.3, 0.4) is 0 Å². The summed E-state index contributed by atoms with van der Waals surface area (Å²) >= 11 is 0. The van der Waals surface area contributed by atoms with E-state index in [4.69, 9.17) is 14.6 Å². The molecule has 0 aliphatic carbocycles. The quantitative estimate of drug-likeness (QED) is 0.862. The number of piperidine rings is 1. The Morgan fingerprint density at radius 3 is 2.71 bits per heavy atom.